The molecule has 98 valence electrons. The fraction of sp³-hybridized carbons (Fsp3) is 0.188. The Morgan fingerprint density at radius 3 is 2.37 bits per heavy atom. The number of nitrogens with two attached hydrogens (primary N) is 1. The standard InChI is InChI=1S/C16H18N2O/c1-11-8-9-14(10-12(11)2)18-16(19)15(17)13-6-4-3-5-7-13/h3-10,15H,17H2,1-2H3,(H,18,19). The Morgan fingerprint density at radius 2 is 1.74 bits per heavy atom. The van der Waals surface area contributed by atoms with Gasteiger partial charge < -0.3 is 11.1 Å². The van der Waals surface area contributed by atoms with Gasteiger partial charge >= 0.3 is 0 Å². The van der Waals surface area contributed by atoms with E-state index in [9.17, 15) is 4.79 Å². The first kappa shape index (κ1) is 13.3. The van der Waals surface area contributed by atoms with Crippen molar-refractivity contribution < 1.29 is 4.79 Å². The molecular formula is C16H18N2O. The van der Waals surface area contributed by atoms with Gasteiger partial charge in [0, 0.05) is 5.69 Å². The van der Waals surface area contributed by atoms with E-state index in [2.05, 4.69) is 5.32 Å². The molecular weight excluding hydrogens is 236 g/mol. The maximum Gasteiger partial charge on any atom is 0.245 e. The van der Waals surface area contributed by atoms with Crippen molar-refractivity contribution in [3.63, 3.8) is 0 Å². The third-order valence-electron chi connectivity index (χ3n) is 3.22. The van der Waals surface area contributed by atoms with Gasteiger partial charge in [0.05, 0.1) is 0 Å². The van der Waals surface area contributed by atoms with Crippen molar-refractivity contribution in [2.75, 3.05) is 5.32 Å². The number of carbonyl (C=O) groups excluding carboxylic acids is 1. The molecule has 1 amide bonds. The molecule has 0 saturated heterocycles. The molecule has 2 aromatic rings. The topological polar surface area (TPSA) is 55.1 Å². The Balaban J connectivity index is 2.10. The van der Waals surface area contributed by atoms with Gasteiger partial charge in [0.1, 0.15) is 6.04 Å². The van der Waals surface area contributed by atoms with Crippen LogP contribution in [0.3, 0.4) is 0 Å². The predicted octanol–water partition coefficient (Wildman–Crippen LogP) is 2.94. The summed E-state index contributed by atoms with van der Waals surface area (Å²) in [6, 6.07) is 14.5. The molecule has 3 nitrogen and oxygen atoms in total. The van der Waals surface area contributed by atoms with Crippen LogP contribution >= 0.6 is 0 Å². The summed E-state index contributed by atoms with van der Waals surface area (Å²) in [6.45, 7) is 4.05. The van der Waals surface area contributed by atoms with Crippen molar-refractivity contribution in [2.45, 2.75) is 19.9 Å². The Kier molecular flexibility index (Phi) is 3.97. The van der Waals surface area contributed by atoms with E-state index < -0.39 is 6.04 Å². The number of anilines is 1. The first-order valence-corrected chi connectivity index (χ1v) is 6.26. The van der Waals surface area contributed by atoms with Gasteiger partial charge in [0.2, 0.25) is 5.91 Å². The molecule has 0 spiro atoms. The highest BCUT2D eigenvalue weighted by Gasteiger charge is 2.15. The van der Waals surface area contributed by atoms with E-state index in [1.807, 2.05) is 62.4 Å². The van der Waals surface area contributed by atoms with Crippen molar-refractivity contribution in [3.8, 4) is 0 Å². The van der Waals surface area contributed by atoms with Crippen LogP contribution in [0.5, 0.6) is 0 Å². The summed E-state index contributed by atoms with van der Waals surface area (Å²) in [7, 11) is 0. The summed E-state index contributed by atoms with van der Waals surface area (Å²) in [5.41, 5.74) is 9.87. The van der Waals surface area contributed by atoms with E-state index in [-0.39, 0.29) is 5.91 Å². The lowest BCUT2D eigenvalue weighted by Gasteiger charge is -2.13. The molecule has 0 aliphatic heterocycles. The molecule has 0 aliphatic carbocycles. The molecule has 2 aromatic carbocycles. The van der Waals surface area contributed by atoms with Gasteiger partial charge in [-0.1, -0.05) is 36.4 Å². The quantitative estimate of drug-likeness (QED) is 0.884. The average Bonchev–Trinajstić information content (AvgIpc) is 2.43. The molecule has 1 unspecified atom stereocenters. The molecule has 3 N–H and O–H groups in total. The van der Waals surface area contributed by atoms with Crippen molar-refractivity contribution in [1.29, 1.82) is 0 Å². The van der Waals surface area contributed by atoms with Crippen molar-refractivity contribution in [1.82, 2.24) is 0 Å². The van der Waals surface area contributed by atoms with Crippen LogP contribution in [0.4, 0.5) is 5.69 Å². The van der Waals surface area contributed by atoms with E-state index in [1.165, 1.54) is 5.56 Å². The molecule has 0 saturated carbocycles. The molecule has 0 radical (unpaired) electrons. The largest absolute Gasteiger partial charge is 0.324 e. The molecule has 0 aliphatic rings. The summed E-state index contributed by atoms with van der Waals surface area (Å²) in [5.74, 6) is -0.200. The third-order valence-corrected chi connectivity index (χ3v) is 3.22. The van der Waals surface area contributed by atoms with Crippen molar-refractivity contribution in [2.24, 2.45) is 5.73 Å². The van der Waals surface area contributed by atoms with Crippen LogP contribution in [-0.4, -0.2) is 5.91 Å². The SMILES string of the molecule is Cc1ccc(NC(=O)C(N)c2ccccc2)cc1C. The monoisotopic (exact) mass is 254 g/mol. The second-order valence-corrected chi connectivity index (χ2v) is 4.68. The number of amides is 1. The number of carbonyl (C=O) groups is 1. The predicted molar refractivity (Wildman–Crippen MR) is 77.9 cm³/mol. The number of hydrogen-bond donors (Lipinski definition) is 2. The number of aryl methyl sites for hydroxylation is 2. The molecule has 2 rings (SSSR count). The van der Waals surface area contributed by atoms with Crippen LogP contribution in [0.2, 0.25) is 0 Å². The van der Waals surface area contributed by atoms with Crippen LogP contribution in [-0.2, 0) is 4.79 Å². The van der Waals surface area contributed by atoms with Crippen LogP contribution in [0, 0.1) is 13.8 Å². The maximum atomic E-state index is 12.1. The summed E-state index contributed by atoms with van der Waals surface area (Å²) in [4.78, 5) is 12.1. The minimum atomic E-state index is -0.650. The highest BCUT2D eigenvalue weighted by Crippen LogP contribution is 2.17. The second-order valence-electron chi connectivity index (χ2n) is 4.68. The van der Waals surface area contributed by atoms with Gasteiger partial charge in [-0.2, -0.15) is 0 Å². The minimum Gasteiger partial charge on any atom is -0.324 e. The Bertz CT molecular complexity index is 579. The minimum absolute atomic E-state index is 0.200. The first-order valence-electron chi connectivity index (χ1n) is 6.26. The highest BCUT2D eigenvalue weighted by molar-refractivity contribution is 5.95. The van der Waals surface area contributed by atoms with Gasteiger partial charge in [0.15, 0.2) is 0 Å². The molecule has 1 atom stereocenters. The van der Waals surface area contributed by atoms with Crippen molar-refractivity contribution >= 4 is 11.6 Å². The lowest BCUT2D eigenvalue weighted by Crippen LogP contribution is -2.27. The van der Waals surface area contributed by atoms with Crippen LogP contribution in [0.1, 0.15) is 22.7 Å². The van der Waals surface area contributed by atoms with Crippen LogP contribution in [0.25, 0.3) is 0 Å². The zero-order chi connectivity index (χ0) is 13.8. The van der Waals surface area contributed by atoms with Crippen molar-refractivity contribution in [3.05, 3.63) is 65.2 Å². The van der Waals surface area contributed by atoms with Gasteiger partial charge in [-0.05, 0) is 42.7 Å². The molecule has 0 fully saturated rings. The van der Waals surface area contributed by atoms with Gasteiger partial charge in [-0.15, -0.1) is 0 Å². The zero-order valence-corrected chi connectivity index (χ0v) is 11.2. The Labute approximate surface area is 113 Å². The van der Waals surface area contributed by atoms with E-state index in [0.717, 1.165) is 16.8 Å². The summed E-state index contributed by atoms with van der Waals surface area (Å²) in [6.07, 6.45) is 0. The van der Waals surface area contributed by atoms with E-state index in [0.29, 0.717) is 0 Å². The number of benzene rings is 2. The van der Waals surface area contributed by atoms with E-state index >= 15 is 0 Å². The smallest absolute Gasteiger partial charge is 0.245 e. The van der Waals surface area contributed by atoms with Gasteiger partial charge in [-0.25, -0.2) is 0 Å². The fourth-order valence-corrected chi connectivity index (χ4v) is 1.85. The maximum absolute atomic E-state index is 12.1. The number of rotatable bonds is 3. The van der Waals surface area contributed by atoms with Crippen LogP contribution < -0.4 is 11.1 Å². The molecule has 0 bridgehead atoms. The summed E-state index contributed by atoms with van der Waals surface area (Å²) in [5, 5.41) is 2.84. The number of nitrogens with one attached hydrogen (secondary N) is 1. The molecule has 19 heavy (non-hydrogen) atoms. The van der Waals surface area contributed by atoms with E-state index in [4.69, 9.17) is 5.73 Å². The summed E-state index contributed by atoms with van der Waals surface area (Å²) < 4.78 is 0. The first-order chi connectivity index (χ1) is 9.08. The Hall–Kier alpha value is -2.13. The summed E-state index contributed by atoms with van der Waals surface area (Å²) >= 11 is 0. The fourth-order valence-electron chi connectivity index (χ4n) is 1.85. The Morgan fingerprint density at radius 1 is 1.05 bits per heavy atom. The molecule has 0 aromatic heterocycles. The van der Waals surface area contributed by atoms with E-state index in [1.54, 1.807) is 0 Å². The third kappa shape index (κ3) is 3.20. The highest BCUT2D eigenvalue weighted by atomic mass is 16.2. The average molecular weight is 254 g/mol. The lowest BCUT2D eigenvalue weighted by molar-refractivity contribution is -0.117. The molecule has 3 heteroatoms. The second kappa shape index (κ2) is 5.67. The zero-order valence-electron chi connectivity index (χ0n) is 11.2. The normalized spacial score (nSPS) is 11.9. The van der Waals surface area contributed by atoms with Crippen LogP contribution in [0.15, 0.2) is 48.5 Å². The van der Waals surface area contributed by atoms with Gasteiger partial charge in [0.25, 0.3) is 0 Å². The number of hydrogen-bond acceptors (Lipinski definition) is 2. The van der Waals surface area contributed by atoms with Gasteiger partial charge in [-0.3, -0.25) is 4.79 Å². The molecule has 0 heterocycles. The lowest BCUT2D eigenvalue weighted by atomic mass is 10.1.